The van der Waals surface area contributed by atoms with Crippen molar-refractivity contribution >= 4 is 55.5 Å². The molecular formula is C20H23ClN2O5S2. The van der Waals surface area contributed by atoms with E-state index >= 15 is 0 Å². The Bertz CT molecular complexity index is 1060. The molecule has 1 amide bonds. The molecule has 1 N–H and O–H groups in total. The zero-order valence-corrected chi connectivity index (χ0v) is 19.3. The fourth-order valence-corrected chi connectivity index (χ4v) is 6.11. The highest BCUT2D eigenvalue weighted by atomic mass is 35.5. The van der Waals surface area contributed by atoms with Gasteiger partial charge in [-0.05, 0) is 62.9 Å². The number of carbonyl (C=O) groups is 2. The highest BCUT2D eigenvalue weighted by Crippen LogP contribution is 2.39. The second kappa shape index (κ2) is 8.95. The molecule has 30 heavy (non-hydrogen) atoms. The molecule has 0 bridgehead atoms. The van der Waals surface area contributed by atoms with Gasteiger partial charge in [-0.25, -0.2) is 13.2 Å². The molecule has 1 aromatic heterocycles. The number of hydrogen-bond acceptors (Lipinski definition) is 6. The fraction of sp³-hybridized carbons (Fsp3) is 0.400. The zero-order valence-electron chi connectivity index (χ0n) is 16.9. The molecule has 1 heterocycles. The largest absolute Gasteiger partial charge is 0.462 e. The Labute approximate surface area is 185 Å². The first-order valence-electron chi connectivity index (χ1n) is 9.51. The number of nitrogens with zero attached hydrogens (tertiary/aromatic N) is 1. The van der Waals surface area contributed by atoms with Gasteiger partial charge in [0.25, 0.3) is 0 Å². The van der Waals surface area contributed by atoms with Gasteiger partial charge in [-0.3, -0.25) is 9.10 Å². The van der Waals surface area contributed by atoms with Crippen LogP contribution in [0.3, 0.4) is 0 Å². The number of rotatable bonds is 7. The lowest BCUT2D eigenvalue weighted by molar-refractivity contribution is -0.116. The molecule has 0 saturated carbocycles. The van der Waals surface area contributed by atoms with E-state index in [1.807, 2.05) is 0 Å². The number of fused-ring (bicyclic) bond motifs is 1. The molecule has 1 aromatic carbocycles. The quantitative estimate of drug-likeness (QED) is 0.620. The normalized spacial score (nSPS) is 14.1. The topological polar surface area (TPSA) is 92.8 Å². The molecule has 7 nitrogen and oxygen atoms in total. The van der Waals surface area contributed by atoms with E-state index in [1.165, 1.54) is 30.4 Å². The third-order valence-electron chi connectivity index (χ3n) is 4.81. The number of halogens is 1. The van der Waals surface area contributed by atoms with Crippen molar-refractivity contribution in [2.75, 3.05) is 22.5 Å². The lowest BCUT2D eigenvalue weighted by atomic mass is 10.1. The SMILES string of the molecule is CCOC(=O)c1c(NC(=O)[C@H](C)N(c2ccc(Cl)cc2)S(C)(=O)=O)sc2c1CCC2. The standard InChI is InChI=1S/C20H23ClN2O5S2/c1-4-28-20(25)17-15-6-5-7-16(15)29-19(17)22-18(24)12(2)23(30(3,26)27)14-10-8-13(21)9-11-14/h8-12H,4-7H2,1-3H3,(H,22,24)/t12-/m0/s1. The second-order valence-corrected chi connectivity index (χ2v) is 10.4. The first-order valence-corrected chi connectivity index (χ1v) is 12.5. The van der Waals surface area contributed by atoms with Gasteiger partial charge in [0.2, 0.25) is 15.9 Å². The molecule has 0 fully saturated rings. The van der Waals surface area contributed by atoms with Crippen molar-refractivity contribution in [3.05, 3.63) is 45.3 Å². The summed E-state index contributed by atoms with van der Waals surface area (Å²) < 4.78 is 31.1. The monoisotopic (exact) mass is 470 g/mol. The Morgan fingerprint density at radius 3 is 2.53 bits per heavy atom. The molecule has 10 heteroatoms. The number of nitrogens with one attached hydrogen (secondary N) is 1. The summed E-state index contributed by atoms with van der Waals surface area (Å²) in [5, 5.41) is 3.62. The van der Waals surface area contributed by atoms with E-state index < -0.39 is 27.9 Å². The minimum Gasteiger partial charge on any atom is -0.462 e. The molecule has 0 aliphatic heterocycles. The molecule has 1 aliphatic carbocycles. The van der Waals surface area contributed by atoms with Gasteiger partial charge in [-0.1, -0.05) is 11.6 Å². The minimum absolute atomic E-state index is 0.228. The molecule has 0 radical (unpaired) electrons. The number of sulfonamides is 1. The Morgan fingerprint density at radius 1 is 1.27 bits per heavy atom. The highest BCUT2D eigenvalue weighted by molar-refractivity contribution is 7.92. The Hall–Kier alpha value is -2.10. The number of amides is 1. The maximum Gasteiger partial charge on any atom is 0.341 e. The van der Waals surface area contributed by atoms with Crippen LogP contribution in [0.15, 0.2) is 24.3 Å². The second-order valence-electron chi connectivity index (χ2n) is 6.98. The van der Waals surface area contributed by atoms with E-state index in [9.17, 15) is 18.0 Å². The van der Waals surface area contributed by atoms with Crippen LogP contribution in [0.1, 0.15) is 41.1 Å². The van der Waals surface area contributed by atoms with Gasteiger partial charge in [0, 0.05) is 9.90 Å². The number of esters is 1. The Morgan fingerprint density at radius 2 is 1.93 bits per heavy atom. The first kappa shape index (κ1) is 22.6. The van der Waals surface area contributed by atoms with Crippen molar-refractivity contribution < 1.29 is 22.7 Å². The van der Waals surface area contributed by atoms with Gasteiger partial charge in [-0.15, -0.1) is 11.3 Å². The van der Waals surface area contributed by atoms with Crippen LogP contribution in [0, 0.1) is 0 Å². The van der Waals surface area contributed by atoms with E-state index in [-0.39, 0.29) is 6.61 Å². The molecule has 2 aromatic rings. The van der Waals surface area contributed by atoms with Crippen LogP contribution in [0.25, 0.3) is 0 Å². The Kier molecular flexibility index (Phi) is 6.74. The van der Waals surface area contributed by atoms with Crippen LogP contribution in [0.4, 0.5) is 10.7 Å². The van der Waals surface area contributed by atoms with Gasteiger partial charge < -0.3 is 10.1 Å². The third-order valence-corrected chi connectivity index (χ3v) is 7.51. The van der Waals surface area contributed by atoms with Crippen molar-refractivity contribution in [3.8, 4) is 0 Å². The van der Waals surface area contributed by atoms with Crippen LogP contribution < -0.4 is 9.62 Å². The predicted octanol–water partition coefficient (Wildman–Crippen LogP) is 3.86. The predicted molar refractivity (Wildman–Crippen MR) is 119 cm³/mol. The van der Waals surface area contributed by atoms with E-state index in [0.717, 1.165) is 40.3 Å². The highest BCUT2D eigenvalue weighted by Gasteiger charge is 2.32. The van der Waals surface area contributed by atoms with Crippen LogP contribution in [-0.4, -0.2) is 39.2 Å². The van der Waals surface area contributed by atoms with Gasteiger partial charge in [0.1, 0.15) is 11.0 Å². The fourth-order valence-electron chi connectivity index (χ4n) is 3.52. The molecule has 162 valence electrons. The van der Waals surface area contributed by atoms with Crippen molar-refractivity contribution in [1.29, 1.82) is 0 Å². The van der Waals surface area contributed by atoms with Crippen molar-refractivity contribution in [1.82, 2.24) is 0 Å². The molecular weight excluding hydrogens is 448 g/mol. The number of thiophene rings is 1. The van der Waals surface area contributed by atoms with Gasteiger partial charge in [0.15, 0.2) is 0 Å². The number of anilines is 2. The summed E-state index contributed by atoms with van der Waals surface area (Å²) in [5.74, 6) is -1.02. The summed E-state index contributed by atoms with van der Waals surface area (Å²) in [6.07, 6.45) is 3.59. The number of ether oxygens (including phenoxy) is 1. The van der Waals surface area contributed by atoms with Gasteiger partial charge in [-0.2, -0.15) is 0 Å². The molecule has 0 unspecified atom stereocenters. The number of carbonyl (C=O) groups excluding carboxylic acids is 2. The van der Waals surface area contributed by atoms with Crippen molar-refractivity contribution in [2.45, 2.75) is 39.2 Å². The average Bonchev–Trinajstić information content (AvgIpc) is 3.23. The zero-order chi connectivity index (χ0) is 22.1. The third kappa shape index (κ3) is 4.63. The molecule has 0 saturated heterocycles. The first-order chi connectivity index (χ1) is 14.1. The average molecular weight is 471 g/mol. The number of hydrogen-bond donors (Lipinski definition) is 1. The number of benzene rings is 1. The Balaban J connectivity index is 1.91. The maximum atomic E-state index is 13.0. The van der Waals surface area contributed by atoms with Crippen LogP contribution in [0.2, 0.25) is 5.02 Å². The van der Waals surface area contributed by atoms with Crippen LogP contribution in [-0.2, 0) is 32.4 Å². The minimum atomic E-state index is -3.76. The summed E-state index contributed by atoms with van der Waals surface area (Å²) in [6.45, 7) is 3.45. The van der Waals surface area contributed by atoms with E-state index in [1.54, 1.807) is 19.1 Å². The van der Waals surface area contributed by atoms with Crippen molar-refractivity contribution in [2.24, 2.45) is 0 Å². The summed E-state index contributed by atoms with van der Waals surface area (Å²) in [5.41, 5.74) is 1.62. The lowest BCUT2D eigenvalue weighted by Crippen LogP contribution is -2.45. The maximum absolute atomic E-state index is 13.0. The summed E-state index contributed by atoms with van der Waals surface area (Å²) in [4.78, 5) is 26.6. The van der Waals surface area contributed by atoms with E-state index in [0.29, 0.717) is 21.3 Å². The number of aryl methyl sites for hydroxylation is 1. The molecule has 3 rings (SSSR count). The smallest absolute Gasteiger partial charge is 0.341 e. The van der Waals surface area contributed by atoms with Crippen LogP contribution in [0.5, 0.6) is 0 Å². The van der Waals surface area contributed by atoms with Crippen LogP contribution >= 0.6 is 22.9 Å². The van der Waals surface area contributed by atoms with E-state index in [2.05, 4.69) is 5.32 Å². The molecule has 0 spiro atoms. The summed E-state index contributed by atoms with van der Waals surface area (Å²) in [6, 6.07) is 5.14. The van der Waals surface area contributed by atoms with Crippen molar-refractivity contribution in [3.63, 3.8) is 0 Å². The summed E-state index contributed by atoms with van der Waals surface area (Å²) in [7, 11) is -3.76. The van der Waals surface area contributed by atoms with E-state index in [4.69, 9.17) is 16.3 Å². The lowest BCUT2D eigenvalue weighted by Gasteiger charge is -2.28. The molecule has 1 aliphatic rings. The van der Waals surface area contributed by atoms with Gasteiger partial charge >= 0.3 is 5.97 Å². The summed E-state index contributed by atoms with van der Waals surface area (Å²) >= 11 is 7.25. The van der Waals surface area contributed by atoms with Gasteiger partial charge in [0.05, 0.1) is 24.1 Å². The molecule has 1 atom stereocenters.